The second-order valence-corrected chi connectivity index (χ2v) is 7.81. The molecule has 140 valence electrons. The molecule has 4 heteroatoms. The molecule has 0 radical (unpaired) electrons. The molecule has 4 nitrogen and oxygen atoms in total. The predicted molar refractivity (Wildman–Crippen MR) is 110 cm³/mol. The van der Waals surface area contributed by atoms with Crippen molar-refractivity contribution < 1.29 is 4.79 Å². The third-order valence-corrected chi connectivity index (χ3v) is 4.67. The first kappa shape index (κ1) is 18.9. The number of H-pyrrole nitrogens is 1. The lowest BCUT2D eigenvalue weighted by atomic mass is 9.94. The standard InChI is InChI=1S/C23H26N2O2/c1-16-9-10-18-14-19(22(27)24-20(18)13-16)11-12-21(26)25-23(2,3)15-17-7-5-4-6-8-17/h4-10,13-14H,11-12,15H2,1-3H3,(H,24,27)(H,25,26). The van der Waals surface area contributed by atoms with Gasteiger partial charge in [-0.3, -0.25) is 9.59 Å². The number of amides is 1. The van der Waals surface area contributed by atoms with E-state index in [-0.39, 0.29) is 17.0 Å². The Hall–Kier alpha value is -2.88. The molecule has 2 aromatic carbocycles. The highest BCUT2D eigenvalue weighted by atomic mass is 16.1. The van der Waals surface area contributed by atoms with Crippen molar-refractivity contribution in [3.05, 3.63) is 81.6 Å². The fourth-order valence-electron chi connectivity index (χ4n) is 3.38. The molecule has 0 aliphatic rings. The van der Waals surface area contributed by atoms with E-state index in [9.17, 15) is 9.59 Å². The molecule has 0 atom stereocenters. The quantitative estimate of drug-likeness (QED) is 0.698. The summed E-state index contributed by atoms with van der Waals surface area (Å²) in [6.45, 7) is 6.03. The number of fused-ring (bicyclic) bond motifs is 1. The molecule has 1 amide bonds. The molecule has 0 saturated carbocycles. The number of hydrogen-bond acceptors (Lipinski definition) is 2. The SMILES string of the molecule is Cc1ccc2cc(CCC(=O)NC(C)(C)Cc3ccccc3)c(=O)[nH]c2c1. The van der Waals surface area contributed by atoms with Gasteiger partial charge in [-0.1, -0.05) is 42.5 Å². The number of carbonyl (C=O) groups excluding carboxylic acids is 1. The minimum atomic E-state index is -0.342. The maximum Gasteiger partial charge on any atom is 0.251 e. The summed E-state index contributed by atoms with van der Waals surface area (Å²) in [6, 6.07) is 18.0. The van der Waals surface area contributed by atoms with Crippen LogP contribution >= 0.6 is 0 Å². The van der Waals surface area contributed by atoms with Crippen molar-refractivity contribution in [1.29, 1.82) is 0 Å². The molecule has 0 bridgehead atoms. The van der Waals surface area contributed by atoms with Gasteiger partial charge in [-0.2, -0.15) is 0 Å². The van der Waals surface area contributed by atoms with Crippen molar-refractivity contribution in [1.82, 2.24) is 10.3 Å². The van der Waals surface area contributed by atoms with E-state index in [4.69, 9.17) is 0 Å². The molecule has 3 aromatic rings. The van der Waals surface area contributed by atoms with E-state index >= 15 is 0 Å². The van der Waals surface area contributed by atoms with Gasteiger partial charge in [0.1, 0.15) is 0 Å². The first-order valence-corrected chi connectivity index (χ1v) is 9.30. The number of pyridine rings is 1. The van der Waals surface area contributed by atoms with Gasteiger partial charge in [0.25, 0.3) is 5.56 Å². The van der Waals surface area contributed by atoms with Crippen LogP contribution < -0.4 is 10.9 Å². The Labute approximate surface area is 159 Å². The summed E-state index contributed by atoms with van der Waals surface area (Å²) in [7, 11) is 0. The molecule has 0 saturated heterocycles. The summed E-state index contributed by atoms with van der Waals surface area (Å²) in [5, 5.41) is 4.07. The molecule has 0 fully saturated rings. The summed E-state index contributed by atoms with van der Waals surface area (Å²) in [5.74, 6) is -0.0423. The predicted octanol–water partition coefficient (Wildman–Crippen LogP) is 3.91. The lowest BCUT2D eigenvalue weighted by Crippen LogP contribution is -2.45. The number of nitrogens with one attached hydrogen (secondary N) is 2. The van der Waals surface area contributed by atoms with E-state index in [1.54, 1.807) is 0 Å². The Morgan fingerprint density at radius 2 is 1.81 bits per heavy atom. The van der Waals surface area contributed by atoms with Crippen LogP contribution in [0.15, 0.2) is 59.4 Å². The Morgan fingerprint density at radius 1 is 1.07 bits per heavy atom. The summed E-state index contributed by atoms with van der Waals surface area (Å²) in [5.41, 5.74) is 3.30. The van der Waals surface area contributed by atoms with Crippen molar-refractivity contribution in [3.8, 4) is 0 Å². The number of aryl methyl sites for hydroxylation is 2. The molecule has 0 aliphatic heterocycles. The summed E-state index contributed by atoms with van der Waals surface area (Å²) < 4.78 is 0. The zero-order valence-corrected chi connectivity index (χ0v) is 16.1. The number of aromatic nitrogens is 1. The number of benzene rings is 2. The van der Waals surface area contributed by atoms with Crippen LogP contribution in [0.25, 0.3) is 10.9 Å². The lowest BCUT2D eigenvalue weighted by molar-refractivity contribution is -0.122. The summed E-state index contributed by atoms with van der Waals surface area (Å²) in [6.07, 6.45) is 1.47. The maximum atomic E-state index is 12.4. The van der Waals surface area contributed by atoms with Gasteiger partial charge in [0.05, 0.1) is 0 Å². The molecular weight excluding hydrogens is 336 g/mol. The molecule has 3 rings (SSSR count). The van der Waals surface area contributed by atoms with Gasteiger partial charge in [0.2, 0.25) is 5.91 Å². The lowest BCUT2D eigenvalue weighted by Gasteiger charge is -2.26. The Morgan fingerprint density at radius 3 is 2.56 bits per heavy atom. The van der Waals surface area contributed by atoms with Crippen LogP contribution in [-0.2, 0) is 17.6 Å². The largest absolute Gasteiger partial charge is 0.351 e. The third kappa shape index (κ3) is 5.07. The summed E-state index contributed by atoms with van der Waals surface area (Å²) in [4.78, 5) is 27.6. The van der Waals surface area contributed by atoms with Crippen LogP contribution in [0.5, 0.6) is 0 Å². The van der Waals surface area contributed by atoms with Gasteiger partial charge in [-0.15, -0.1) is 0 Å². The van der Waals surface area contributed by atoms with Gasteiger partial charge >= 0.3 is 0 Å². The van der Waals surface area contributed by atoms with Crippen LogP contribution in [-0.4, -0.2) is 16.4 Å². The number of hydrogen-bond donors (Lipinski definition) is 2. The van der Waals surface area contributed by atoms with Crippen LogP contribution in [0, 0.1) is 6.92 Å². The van der Waals surface area contributed by atoms with E-state index in [1.807, 2.05) is 63.2 Å². The molecule has 27 heavy (non-hydrogen) atoms. The highest BCUT2D eigenvalue weighted by Gasteiger charge is 2.21. The number of rotatable bonds is 6. The van der Waals surface area contributed by atoms with Gasteiger partial charge < -0.3 is 10.3 Å². The van der Waals surface area contributed by atoms with Crippen molar-refractivity contribution in [3.63, 3.8) is 0 Å². The molecule has 0 spiro atoms. The van der Waals surface area contributed by atoms with Crippen LogP contribution in [0.3, 0.4) is 0 Å². The number of carbonyl (C=O) groups is 1. The van der Waals surface area contributed by atoms with E-state index in [0.717, 1.165) is 22.9 Å². The van der Waals surface area contributed by atoms with Crippen molar-refractivity contribution >= 4 is 16.8 Å². The van der Waals surface area contributed by atoms with Crippen LogP contribution in [0.2, 0.25) is 0 Å². The zero-order chi connectivity index (χ0) is 19.4. The molecular formula is C23H26N2O2. The van der Waals surface area contributed by atoms with Crippen LogP contribution in [0.1, 0.15) is 37.0 Å². The Kier molecular flexibility index (Phi) is 5.45. The molecule has 1 heterocycles. The number of aromatic amines is 1. The van der Waals surface area contributed by atoms with Crippen molar-refractivity contribution in [2.45, 2.75) is 45.6 Å². The second kappa shape index (κ2) is 7.78. The van der Waals surface area contributed by atoms with E-state index < -0.39 is 0 Å². The third-order valence-electron chi connectivity index (χ3n) is 4.67. The second-order valence-electron chi connectivity index (χ2n) is 7.81. The molecule has 0 unspecified atom stereocenters. The topological polar surface area (TPSA) is 62.0 Å². The van der Waals surface area contributed by atoms with Gasteiger partial charge in [0.15, 0.2) is 0 Å². The molecule has 0 aliphatic carbocycles. The van der Waals surface area contributed by atoms with Gasteiger partial charge in [0, 0.05) is 23.0 Å². The summed E-state index contributed by atoms with van der Waals surface area (Å²) >= 11 is 0. The molecule has 2 N–H and O–H groups in total. The smallest absolute Gasteiger partial charge is 0.251 e. The molecule has 1 aromatic heterocycles. The van der Waals surface area contributed by atoms with Crippen molar-refractivity contribution in [2.75, 3.05) is 0 Å². The van der Waals surface area contributed by atoms with E-state index in [0.29, 0.717) is 18.4 Å². The highest BCUT2D eigenvalue weighted by Crippen LogP contribution is 2.15. The minimum absolute atomic E-state index is 0.0423. The first-order chi connectivity index (χ1) is 12.8. The minimum Gasteiger partial charge on any atom is -0.351 e. The normalized spacial score (nSPS) is 11.5. The fraction of sp³-hybridized carbons (Fsp3) is 0.304. The van der Waals surface area contributed by atoms with Crippen molar-refractivity contribution in [2.24, 2.45) is 0 Å². The van der Waals surface area contributed by atoms with E-state index in [1.165, 1.54) is 5.56 Å². The van der Waals surface area contributed by atoms with Gasteiger partial charge in [-0.05, 0) is 62.3 Å². The average molecular weight is 362 g/mol. The van der Waals surface area contributed by atoms with Crippen LogP contribution in [0.4, 0.5) is 0 Å². The average Bonchev–Trinajstić information content (AvgIpc) is 2.60. The first-order valence-electron chi connectivity index (χ1n) is 9.30. The monoisotopic (exact) mass is 362 g/mol. The zero-order valence-electron chi connectivity index (χ0n) is 16.1. The van der Waals surface area contributed by atoms with Gasteiger partial charge in [-0.25, -0.2) is 0 Å². The highest BCUT2D eigenvalue weighted by molar-refractivity contribution is 5.80. The fourth-order valence-corrected chi connectivity index (χ4v) is 3.38. The van der Waals surface area contributed by atoms with E-state index in [2.05, 4.69) is 22.4 Å². The maximum absolute atomic E-state index is 12.4. The Bertz CT molecular complexity index is 1000. The Balaban J connectivity index is 1.63.